The fourth-order valence-corrected chi connectivity index (χ4v) is 1.05. The van der Waals surface area contributed by atoms with E-state index in [9.17, 15) is 0 Å². The molecule has 0 heterocycles. The summed E-state index contributed by atoms with van der Waals surface area (Å²) in [5, 5.41) is 8.79. The van der Waals surface area contributed by atoms with Crippen LogP contribution in [-0.2, 0) is 0 Å². The van der Waals surface area contributed by atoms with Gasteiger partial charge in [0.1, 0.15) is 5.54 Å². The minimum atomic E-state index is -0.163. The maximum Gasteiger partial charge on any atom is 0.109 e. The van der Waals surface area contributed by atoms with Crippen LogP contribution in [0.3, 0.4) is 0 Å². The van der Waals surface area contributed by atoms with E-state index in [1.807, 2.05) is 18.9 Å². The number of hydrogen-bond donors (Lipinski definition) is 0. The molecule has 0 spiro atoms. The molecule has 58 valence electrons. The molecule has 1 saturated carbocycles. The van der Waals surface area contributed by atoms with Crippen molar-refractivity contribution in [2.24, 2.45) is 0 Å². The van der Waals surface area contributed by atoms with E-state index < -0.39 is 0 Å². The molecule has 0 N–H and O–H groups in total. The molecule has 0 atom stereocenters. The first-order valence-electron chi connectivity index (χ1n) is 3.77. The van der Waals surface area contributed by atoms with Gasteiger partial charge in [0.2, 0.25) is 0 Å². The second kappa shape index (κ2) is 2.95. The van der Waals surface area contributed by atoms with Gasteiger partial charge in [-0.2, -0.15) is 5.26 Å². The van der Waals surface area contributed by atoms with Gasteiger partial charge in [0.05, 0.1) is 12.6 Å². The van der Waals surface area contributed by atoms with Crippen molar-refractivity contribution in [3.8, 4) is 17.9 Å². The van der Waals surface area contributed by atoms with Crippen LogP contribution in [0.5, 0.6) is 0 Å². The lowest BCUT2D eigenvalue weighted by atomic mass is 10.2. The Kier molecular flexibility index (Phi) is 2.17. The third-order valence-corrected chi connectivity index (χ3v) is 2.16. The van der Waals surface area contributed by atoms with Crippen LogP contribution in [0.25, 0.3) is 0 Å². The SMILES string of the molecule is CC#CCN(C)C1(C#N)CC1. The van der Waals surface area contributed by atoms with Crippen LogP contribution >= 0.6 is 0 Å². The van der Waals surface area contributed by atoms with Crippen molar-refractivity contribution in [2.45, 2.75) is 25.3 Å². The lowest BCUT2D eigenvalue weighted by Gasteiger charge is -2.18. The van der Waals surface area contributed by atoms with Gasteiger partial charge in [0.15, 0.2) is 0 Å². The molecule has 1 aliphatic carbocycles. The zero-order chi connectivity index (χ0) is 8.32. The number of nitriles is 1. The molecular formula is C9H12N2. The third kappa shape index (κ3) is 1.53. The number of hydrogen-bond acceptors (Lipinski definition) is 2. The third-order valence-electron chi connectivity index (χ3n) is 2.16. The monoisotopic (exact) mass is 148 g/mol. The molecule has 0 saturated heterocycles. The number of nitrogens with zero attached hydrogens (tertiary/aromatic N) is 2. The standard InChI is InChI=1S/C9H12N2/c1-3-4-7-11(2)9(8-10)5-6-9/h5-7H2,1-2H3. The van der Waals surface area contributed by atoms with Gasteiger partial charge in [-0.15, -0.1) is 5.92 Å². The first kappa shape index (κ1) is 8.11. The van der Waals surface area contributed by atoms with Crippen LogP contribution in [0.2, 0.25) is 0 Å². The molecule has 1 aliphatic rings. The van der Waals surface area contributed by atoms with Crippen molar-refractivity contribution >= 4 is 0 Å². The van der Waals surface area contributed by atoms with Crippen LogP contribution < -0.4 is 0 Å². The van der Waals surface area contributed by atoms with Gasteiger partial charge in [-0.25, -0.2) is 0 Å². The summed E-state index contributed by atoms with van der Waals surface area (Å²) in [6, 6.07) is 2.32. The summed E-state index contributed by atoms with van der Waals surface area (Å²) in [6.45, 7) is 2.53. The van der Waals surface area contributed by atoms with E-state index in [0.29, 0.717) is 6.54 Å². The quantitative estimate of drug-likeness (QED) is 0.546. The lowest BCUT2D eigenvalue weighted by molar-refractivity contribution is 0.304. The first-order valence-corrected chi connectivity index (χ1v) is 3.77. The van der Waals surface area contributed by atoms with Crippen molar-refractivity contribution in [2.75, 3.05) is 13.6 Å². The van der Waals surface area contributed by atoms with E-state index in [0.717, 1.165) is 12.8 Å². The summed E-state index contributed by atoms with van der Waals surface area (Å²) in [4.78, 5) is 2.03. The van der Waals surface area contributed by atoms with Gasteiger partial charge in [-0.3, -0.25) is 4.90 Å². The molecule has 0 aliphatic heterocycles. The second-order valence-corrected chi connectivity index (χ2v) is 2.93. The van der Waals surface area contributed by atoms with Crippen LogP contribution in [0.1, 0.15) is 19.8 Å². The van der Waals surface area contributed by atoms with E-state index in [1.54, 1.807) is 0 Å². The van der Waals surface area contributed by atoms with Gasteiger partial charge < -0.3 is 0 Å². The van der Waals surface area contributed by atoms with Gasteiger partial charge in [-0.05, 0) is 26.8 Å². The molecule has 1 fully saturated rings. The second-order valence-electron chi connectivity index (χ2n) is 2.93. The molecule has 0 aromatic heterocycles. The van der Waals surface area contributed by atoms with Gasteiger partial charge in [0, 0.05) is 0 Å². The Balaban J connectivity index is 2.47. The minimum absolute atomic E-state index is 0.163. The Bertz CT molecular complexity index is 235. The van der Waals surface area contributed by atoms with Crippen molar-refractivity contribution in [3.63, 3.8) is 0 Å². The van der Waals surface area contributed by atoms with Gasteiger partial charge in [0.25, 0.3) is 0 Å². The maximum absolute atomic E-state index is 8.79. The highest BCUT2D eigenvalue weighted by atomic mass is 15.2. The van der Waals surface area contributed by atoms with E-state index in [-0.39, 0.29) is 5.54 Å². The summed E-state index contributed by atoms with van der Waals surface area (Å²) < 4.78 is 0. The largest absolute Gasteiger partial charge is 0.277 e. The van der Waals surface area contributed by atoms with E-state index in [1.165, 1.54) is 0 Å². The van der Waals surface area contributed by atoms with Gasteiger partial charge in [-0.1, -0.05) is 5.92 Å². The average molecular weight is 148 g/mol. The van der Waals surface area contributed by atoms with Crippen LogP contribution in [0.4, 0.5) is 0 Å². The van der Waals surface area contributed by atoms with Crippen molar-refractivity contribution in [1.29, 1.82) is 5.26 Å². The first-order chi connectivity index (χ1) is 5.25. The van der Waals surface area contributed by atoms with Crippen LogP contribution in [0, 0.1) is 23.2 Å². The summed E-state index contributed by atoms with van der Waals surface area (Å²) in [6.07, 6.45) is 2.01. The zero-order valence-corrected chi connectivity index (χ0v) is 7.02. The fourth-order valence-electron chi connectivity index (χ4n) is 1.05. The van der Waals surface area contributed by atoms with Crippen LogP contribution in [0.15, 0.2) is 0 Å². The Hall–Kier alpha value is -0.990. The van der Waals surface area contributed by atoms with Crippen molar-refractivity contribution in [1.82, 2.24) is 4.90 Å². The maximum atomic E-state index is 8.79. The smallest absolute Gasteiger partial charge is 0.109 e. The Morgan fingerprint density at radius 3 is 2.55 bits per heavy atom. The fraction of sp³-hybridized carbons (Fsp3) is 0.667. The minimum Gasteiger partial charge on any atom is -0.277 e. The van der Waals surface area contributed by atoms with E-state index >= 15 is 0 Å². The van der Waals surface area contributed by atoms with Gasteiger partial charge >= 0.3 is 0 Å². The Morgan fingerprint density at radius 2 is 2.18 bits per heavy atom. The molecule has 1 rings (SSSR count). The Morgan fingerprint density at radius 1 is 1.55 bits per heavy atom. The molecule has 2 heteroatoms. The predicted octanol–water partition coefficient (Wildman–Crippen LogP) is 0.998. The summed E-state index contributed by atoms with van der Waals surface area (Å²) in [7, 11) is 1.96. The van der Waals surface area contributed by atoms with E-state index in [2.05, 4.69) is 17.9 Å². The van der Waals surface area contributed by atoms with Crippen molar-refractivity contribution < 1.29 is 0 Å². The molecule has 0 aromatic carbocycles. The molecule has 2 nitrogen and oxygen atoms in total. The lowest BCUT2D eigenvalue weighted by Crippen LogP contribution is -2.32. The van der Waals surface area contributed by atoms with Crippen LogP contribution in [-0.4, -0.2) is 24.0 Å². The Labute approximate surface area is 67.8 Å². The molecule has 0 radical (unpaired) electrons. The summed E-state index contributed by atoms with van der Waals surface area (Å²) in [5.74, 6) is 5.77. The normalized spacial score (nSPS) is 18.4. The summed E-state index contributed by atoms with van der Waals surface area (Å²) in [5.41, 5.74) is -0.163. The average Bonchev–Trinajstić information content (AvgIpc) is 2.80. The molecule has 11 heavy (non-hydrogen) atoms. The molecule has 0 aromatic rings. The number of rotatable bonds is 2. The van der Waals surface area contributed by atoms with Crippen molar-refractivity contribution in [3.05, 3.63) is 0 Å². The zero-order valence-electron chi connectivity index (χ0n) is 7.02. The highest BCUT2D eigenvalue weighted by Crippen LogP contribution is 2.39. The molecule has 0 unspecified atom stereocenters. The molecular weight excluding hydrogens is 136 g/mol. The highest BCUT2D eigenvalue weighted by molar-refractivity contribution is 5.20. The molecule has 0 amide bonds. The topological polar surface area (TPSA) is 27.0 Å². The molecule has 0 bridgehead atoms. The van der Waals surface area contributed by atoms with E-state index in [4.69, 9.17) is 5.26 Å². The highest BCUT2D eigenvalue weighted by Gasteiger charge is 2.46. The summed E-state index contributed by atoms with van der Waals surface area (Å²) >= 11 is 0. The predicted molar refractivity (Wildman–Crippen MR) is 43.7 cm³/mol.